The monoisotopic (exact) mass is 283 g/mol. The first-order chi connectivity index (χ1) is 9.10. The van der Waals surface area contributed by atoms with Gasteiger partial charge in [-0.2, -0.15) is 0 Å². The number of rotatable bonds is 4. The van der Waals surface area contributed by atoms with E-state index in [9.17, 15) is 9.18 Å². The Bertz CT molecular complexity index is 455. The Balaban J connectivity index is 1.92. The van der Waals surface area contributed by atoms with Crippen LogP contribution in [0.5, 0.6) is 0 Å². The predicted molar refractivity (Wildman–Crippen MR) is 74.6 cm³/mol. The quantitative estimate of drug-likeness (QED) is 0.921. The lowest BCUT2D eigenvalue weighted by atomic mass is 9.79. The minimum Gasteiger partial charge on any atom is -0.330 e. The fraction of sp³-hybridized carbons (Fsp3) is 0.533. The van der Waals surface area contributed by atoms with Gasteiger partial charge in [-0.3, -0.25) is 4.79 Å². The van der Waals surface area contributed by atoms with Crippen LogP contribution in [0.4, 0.5) is 4.39 Å². The Morgan fingerprint density at radius 3 is 2.58 bits per heavy atom. The van der Waals surface area contributed by atoms with Gasteiger partial charge in [0.2, 0.25) is 0 Å². The van der Waals surface area contributed by atoms with E-state index in [1.165, 1.54) is 6.07 Å². The fourth-order valence-corrected chi connectivity index (χ4v) is 2.92. The molecule has 2 rings (SSSR count). The topological polar surface area (TPSA) is 43.1 Å². The molecule has 2 N–H and O–H groups in total. The second-order valence-electron chi connectivity index (χ2n) is 5.34. The molecule has 1 fully saturated rings. The first-order valence-corrected chi connectivity index (χ1v) is 7.14. The van der Waals surface area contributed by atoms with Gasteiger partial charge in [-0.05, 0) is 55.8 Å². The first-order valence-electron chi connectivity index (χ1n) is 6.77. The van der Waals surface area contributed by atoms with Gasteiger partial charge in [0.15, 0.2) is 0 Å². The van der Waals surface area contributed by atoms with Gasteiger partial charge < -0.3 is 5.73 Å². The van der Waals surface area contributed by atoms with E-state index < -0.39 is 5.82 Å². The molecule has 0 radical (unpaired) electrons. The molecule has 1 aliphatic rings. The minimum absolute atomic E-state index is 0.0807. The SMILES string of the molecule is NCC1CCC(C(=O)Cc2ccc(F)c(Cl)c2)CC1. The number of nitrogens with two attached hydrogens (primary N) is 1. The van der Waals surface area contributed by atoms with Gasteiger partial charge in [0.05, 0.1) is 5.02 Å². The molecular weight excluding hydrogens is 265 g/mol. The summed E-state index contributed by atoms with van der Waals surface area (Å²) >= 11 is 5.72. The Hall–Kier alpha value is -0.930. The molecule has 1 aliphatic carbocycles. The molecule has 0 aromatic heterocycles. The lowest BCUT2D eigenvalue weighted by Crippen LogP contribution is -2.26. The van der Waals surface area contributed by atoms with Crippen molar-refractivity contribution in [2.24, 2.45) is 17.6 Å². The van der Waals surface area contributed by atoms with Crippen molar-refractivity contribution < 1.29 is 9.18 Å². The predicted octanol–water partition coefficient (Wildman–Crippen LogP) is 3.36. The van der Waals surface area contributed by atoms with Crippen LogP contribution in [0.15, 0.2) is 18.2 Å². The standard InChI is InChI=1S/C15H19ClFNO/c16-13-7-11(3-6-14(13)17)8-15(19)12-4-1-10(9-18)2-5-12/h3,6-7,10,12H,1-2,4-5,8-9,18H2. The molecule has 1 aromatic carbocycles. The first kappa shape index (κ1) is 14.5. The molecule has 0 aliphatic heterocycles. The Morgan fingerprint density at radius 2 is 2.00 bits per heavy atom. The molecule has 0 unspecified atom stereocenters. The third-order valence-electron chi connectivity index (χ3n) is 4.00. The Morgan fingerprint density at radius 1 is 1.32 bits per heavy atom. The summed E-state index contributed by atoms with van der Waals surface area (Å²) in [6.45, 7) is 0.717. The van der Waals surface area contributed by atoms with Crippen LogP contribution in [0.2, 0.25) is 5.02 Å². The third kappa shape index (κ3) is 3.77. The van der Waals surface area contributed by atoms with Crippen molar-refractivity contribution in [1.82, 2.24) is 0 Å². The van der Waals surface area contributed by atoms with Gasteiger partial charge in [0, 0.05) is 12.3 Å². The molecule has 0 saturated heterocycles. The molecule has 0 heterocycles. The zero-order valence-corrected chi connectivity index (χ0v) is 11.6. The number of carbonyl (C=O) groups excluding carboxylic acids is 1. The molecule has 0 amide bonds. The van der Waals surface area contributed by atoms with Gasteiger partial charge in [0.1, 0.15) is 11.6 Å². The Kier molecular flexibility index (Phi) is 4.94. The highest BCUT2D eigenvalue weighted by atomic mass is 35.5. The molecule has 1 aromatic rings. The van der Waals surface area contributed by atoms with Crippen molar-refractivity contribution in [3.63, 3.8) is 0 Å². The molecule has 0 atom stereocenters. The number of Topliss-reactive ketones (excluding diaryl/α,β-unsaturated/α-hetero) is 1. The normalized spacial score (nSPS) is 23.3. The molecule has 4 heteroatoms. The summed E-state index contributed by atoms with van der Waals surface area (Å²) in [5.74, 6) is 0.496. The van der Waals surface area contributed by atoms with Crippen molar-refractivity contribution in [2.45, 2.75) is 32.1 Å². The van der Waals surface area contributed by atoms with Crippen LogP contribution < -0.4 is 5.73 Å². The highest BCUT2D eigenvalue weighted by molar-refractivity contribution is 6.30. The third-order valence-corrected chi connectivity index (χ3v) is 4.29. The zero-order valence-electron chi connectivity index (χ0n) is 10.9. The highest BCUT2D eigenvalue weighted by Crippen LogP contribution is 2.29. The summed E-state index contributed by atoms with van der Waals surface area (Å²) in [5.41, 5.74) is 6.43. The van der Waals surface area contributed by atoms with Crippen molar-refractivity contribution in [3.8, 4) is 0 Å². The summed E-state index contributed by atoms with van der Waals surface area (Å²) in [7, 11) is 0. The average Bonchev–Trinajstić information content (AvgIpc) is 2.43. The number of ketones is 1. The van der Waals surface area contributed by atoms with Crippen molar-refractivity contribution >= 4 is 17.4 Å². The summed E-state index contributed by atoms with van der Waals surface area (Å²) in [4.78, 5) is 12.2. The maximum atomic E-state index is 13.0. The smallest absolute Gasteiger partial charge is 0.141 e. The van der Waals surface area contributed by atoms with E-state index in [4.69, 9.17) is 17.3 Å². The van der Waals surface area contributed by atoms with Crippen molar-refractivity contribution in [3.05, 3.63) is 34.6 Å². The van der Waals surface area contributed by atoms with Crippen LogP contribution in [0.1, 0.15) is 31.2 Å². The number of hydrogen-bond donors (Lipinski definition) is 1. The largest absolute Gasteiger partial charge is 0.330 e. The van der Waals surface area contributed by atoms with E-state index in [2.05, 4.69) is 0 Å². The average molecular weight is 284 g/mol. The summed E-state index contributed by atoms with van der Waals surface area (Å²) < 4.78 is 13.0. The van der Waals surface area contributed by atoms with Crippen LogP contribution in [-0.2, 0) is 11.2 Å². The summed E-state index contributed by atoms with van der Waals surface area (Å²) in [6.07, 6.45) is 4.28. The van der Waals surface area contributed by atoms with E-state index in [1.54, 1.807) is 12.1 Å². The van der Waals surface area contributed by atoms with Crippen molar-refractivity contribution in [2.75, 3.05) is 6.54 Å². The summed E-state index contributed by atoms with van der Waals surface area (Å²) in [5, 5.41) is 0.0807. The van der Waals surface area contributed by atoms with Gasteiger partial charge >= 0.3 is 0 Å². The minimum atomic E-state index is -0.443. The number of carbonyl (C=O) groups is 1. The van der Waals surface area contributed by atoms with Crippen LogP contribution in [-0.4, -0.2) is 12.3 Å². The van der Waals surface area contributed by atoms with E-state index in [-0.39, 0.29) is 16.7 Å². The number of benzene rings is 1. The number of hydrogen-bond acceptors (Lipinski definition) is 2. The molecule has 0 bridgehead atoms. The van der Waals surface area contributed by atoms with Crippen LogP contribution in [0.25, 0.3) is 0 Å². The summed E-state index contributed by atoms with van der Waals surface area (Å²) in [6, 6.07) is 4.49. The van der Waals surface area contributed by atoms with E-state index in [0.717, 1.165) is 31.2 Å². The second-order valence-corrected chi connectivity index (χ2v) is 5.75. The fourth-order valence-electron chi connectivity index (χ4n) is 2.72. The maximum Gasteiger partial charge on any atom is 0.141 e. The molecule has 19 heavy (non-hydrogen) atoms. The highest BCUT2D eigenvalue weighted by Gasteiger charge is 2.25. The van der Waals surface area contributed by atoms with Gasteiger partial charge in [0.25, 0.3) is 0 Å². The van der Waals surface area contributed by atoms with Crippen molar-refractivity contribution in [1.29, 1.82) is 0 Å². The lowest BCUT2D eigenvalue weighted by molar-refractivity contribution is -0.123. The van der Waals surface area contributed by atoms with E-state index in [0.29, 0.717) is 18.9 Å². The second kappa shape index (κ2) is 6.49. The van der Waals surface area contributed by atoms with Gasteiger partial charge in [-0.25, -0.2) is 4.39 Å². The molecule has 2 nitrogen and oxygen atoms in total. The van der Waals surface area contributed by atoms with Gasteiger partial charge in [-0.15, -0.1) is 0 Å². The van der Waals surface area contributed by atoms with Crippen LogP contribution in [0, 0.1) is 17.7 Å². The Labute approximate surface area is 118 Å². The molecule has 0 spiro atoms. The number of halogens is 2. The lowest BCUT2D eigenvalue weighted by Gasteiger charge is -2.26. The zero-order chi connectivity index (χ0) is 13.8. The van der Waals surface area contributed by atoms with E-state index in [1.807, 2.05) is 0 Å². The maximum absolute atomic E-state index is 13.0. The molecular formula is C15H19ClFNO. The molecule has 1 saturated carbocycles. The van der Waals surface area contributed by atoms with E-state index >= 15 is 0 Å². The van der Waals surface area contributed by atoms with Crippen LogP contribution >= 0.6 is 11.6 Å². The molecule has 104 valence electrons. The van der Waals surface area contributed by atoms with Gasteiger partial charge in [-0.1, -0.05) is 17.7 Å². The van der Waals surface area contributed by atoms with Crippen LogP contribution in [0.3, 0.4) is 0 Å².